The van der Waals surface area contributed by atoms with Crippen LogP contribution in [-0.4, -0.2) is 34.4 Å². The number of amides is 2. The van der Waals surface area contributed by atoms with E-state index in [1.807, 2.05) is 0 Å². The fourth-order valence-electron chi connectivity index (χ4n) is 2.79. The number of aryl methyl sites for hydroxylation is 2. The lowest BCUT2D eigenvalue weighted by molar-refractivity contribution is -0.117. The highest BCUT2D eigenvalue weighted by Crippen LogP contribution is 2.25. The molecule has 0 aromatic heterocycles. The first kappa shape index (κ1) is 28.1. The lowest BCUT2D eigenvalue weighted by Gasteiger charge is -2.11. The summed E-state index contributed by atoms with van der Waals surface area (Å²) in [6.45, 7) is 3.48. The first-order valence-corrected chi connectivity index (χ1v) is 14.1. The van der Waals surface area contributed by atoms with Gasteiger partial charge in [0.05, 0.1) is 20.5 Å². The summed E-state index contributed by atoms with van der Waals surface area (Å²) in [5.74, 6) is -2.98. The fourth-order valence-corrected chi connectivity index (χ4v) is 5.15. The van der Waals surface area contributed by atoms with Crippen molar-refractivity contribution in [1.29, 1.82) is 0 Å². The molecule has 14 heteroatoms. The summed E-state index contributed by atoms with van der Waals surface area (Å²) in [7, 11) is -8.87. The highest BCUT2D eigenvalue weighted by molar-refractivity contribution is 7.90. The molecule has 0 bridgehead atoms. The molecule has 10 nitrogen and oxygen atoms in total. The maximum atomic E-state index is 12.9. The van der Waals surface area contributed by atoms with Crippen LogP contribution in [0.25, 0.3) is 0 Å². The molecule has 0 saturated heterocycles. The van der Waals surface area contributed by atoms with E-state index in [1.165, 1.54) is 66.7 Å². The summed E-state index contributed by atoms with van der Waals surface area (Å²) in [5, 5.41) is 4.02. The molecule has 0 unspecified atom stereocenters. The number of hydrogen-bond acceptors (Lipinski definition) is 8. The third-order valence-electron chi connectivity index (χ3n) is 4.77. The third kappa shape index (κ3) is 7.29. The van der Waals surface area contributed by atoms with Gasteiger partial charge in [0.1, 0.15) is 0 Å². The second-order valence-corrected chi connectivity index (χ2v) is 11.9. The van der Waals surface area contributed by atoms with Crippen molar-refractivity contribution in [2.24, 2.45) is 5.10 Å². The summed E-state index contributed by atoms with van der Waals surface area (Å²) in [6, 6.07) is 15.3. The number of halogens is 2. The molecule has 0 atom stereocenters. The summed E-state index contributed by atoms with van der Waals surface area (Å²) >= 11 is 11.9. The minimum atomic E-state index is -4.43. The zero-order chi connectivity index (χ0) is 27.4. The van der Waals surface area contributed by atoms with E-state index in [-0.39, 0.29) is 20.5 Å². The first-order valence-electron chi connectivity index (χ1n) is 10.3. The molecule has 0 spiro atoms. The number of hydrazone groups is 1. The average molecular weight is 583 g/mol. The Balaban J connectivity index is 1.95. The van der Waals surface area contributed by atoms with Crippen molar-refractivity contribution in [2.45, 2.75) is 23.6 Å². The normalized spacial score (nSPS) is 11.4. The van der Waals surface area contributed by atoms with Gasteiger partial charge in [-0.2, -0.15) is 5.10 Å². The van der Waals surface area contributed by atoms with Crippen molar-refractivity contribution in [3.05, 3.63) is 87.9 Å². The Morgan fingerprint density at radius 3 is 1.54 bits per heavy atom. The smallest absolute Gasteiger partial charge is 0.276 e. The Kier molecular flexibility index (Phi) is 8.59. The van der Waals surface area contributed by atoms with Crippen molar-refractivity contribution in [3.63, 3.8) is 0 Å². The van der Waals surface area contributed by atoms with Crippen LogP contribution in [-0.2, 0) is 29.6 Å². The largest absolute Gasteiger partial charge is 0.291 e. The van der Waals surface area contributed by atoms with Crippen LogP contribution in [0.3, 0.4) is 0 Å². The third-order valence-corrected chi connectivity index (χ3v) is 8.01. The predicted octanol–water partition coefficient (Wildman–Crippen LogP) is 3.39. The molecule has 194 valence electrons. The number of rotatable bonds is 8. The number of anilines is 1. The van der Waals surface area contributed by atoms with Gasteiger partial charge in [-0.05, 0) is 56.3 Å². The van der Waals surface area contributed by atoms with Gasteiger partial charge in [0.25, 0.3) is 31.9 Å². The number of nitrogens with zero attached hydrogens (tertiary/aromatic N) is 1. The number of sulfonamides is 2. The van der Waals surface area contributed by atoms with E-state index in [0.29, 0.717) is 5.02 Å². The van der Waals surface area contributed by atoms with E-state index in [2.05, 4.69) is 10.5 Å². The summed E-state index contributed by atoms with van der Waals surface area (Å²) in [4.78, 5) is 25.3. The molecule has 0 aliphatic carbocycles. The SMILES string of the molecule is Cc1ccc(S(=O)(=O)NC(=O)C(=NNc2ccc(Cl)cc2Cl)C(=O)NS(=O)(=O)c2ccc(C)cc2)cc1. The standard InChI is InChI=1S/C23H20Cl2N4O6S2/c1-14-3-8-17(9-4-14)36(32,33)28-22(30)21(27-26-20-12-7-16(24)13-19(20)25)23(31)29-37(34,35)18-10-5-15(2)6-11-18/h3-13,26H,1-2H3,(H,28,30)(H,29,31). The van der Waals surface area contributed by atoms with E-state index in [1.54, 1.807) is 23.3 Å². The summed E-state index contributed by atoms with van der Waals surface area (Å²) < 4.78 is 54.2. The molecule has 2 amide bonds. The molecule has 3 rings (SSSR count). The van der Waals surface area contributed by atoms with Gasteiger partial charge in [-0.15, -0.1) is 0 Å². The summed E-state index contributed by atoms with van der Waals surface area (Å²) in [5.41, 5.74) is 2.91. The highest BCUT2D eigenvalue weighted by atomic mass is 35.5. The van der Waals surface area contributed by atoms with Crippen LogP contribution in [0, 0.1) is 13.8 Å². The molecular weight excluding hydrogens is 563 g/mol. The molecule has 0 aliphatic heterocycles. The molecular formula is C23H20Cl2N4O6S2. The quantitative estimate of drug-likeness (QED) is 0.209. The van der Waals surface area contributed by atoms with Crippen molar-refractivity contribution < 1.29 is 26.4 Å². The van der Waals surface area contributed by atoms with Crippen LogP contribution in [0.4, 0.5) is 5.69 Å². The van der Waals surface area contributed by atoms with Gasteiger partial charge in [-0.1, -0.05) is 58.6 Å². The second-order valence-electron chi connectivity index (χ2n) is 7.69. The number of benzene rings is 3. The van der Waals surface area contributed by atoms with Crippen LogP contribution in [0.15, 0.2) is 81.6 Å². The number of carbonyl (C=O) groups excluding carboxylic acids is 2. The van der Waals surface area contributed by atoms with Crippen molar-refractivity contribution in [3.8, 4) is 0 Å². The van der Waals surface area contributed by atoms with Crippen molar-refractivity contribution in [1.82, 2.24) is 9.44 Å². The zero-order valence-corrected chi connectivity index (χ0v) is 22.5. The molecule has 3 N–H and O–H groups in total. The Morgan fingerprint density at radius 2 is 1.14 bits per heavy atom. The molecule has 3 aromatic carbocycles. The molecule has 0 heterocycles. The maximum Gasteiger partial charge on any atom is 0.291 e. The van der Waals surface area contributed by atoms with Crippen LogP contribution in [0.5, 0.6) is 0 Å². The van der Waals surface area contributed by atoms with Gasteiger partial charge < -0.3 is 0 Å². The monoisotopic (exact) mass is 582 g/mol. The van der Waals surface area contributed by atoms with E-state index >= 15 is 0 Å². The molecule has 3 aromatic rings. The number of hydrogen-bond donors (Lipinski definition) is 3. The second kappa shape index (κ2) is 11.3. The van der Waals surface area contributed by atoms with Crippen LogP contribution >= 0.6 is 23.2 Å². The Bertz CT molecular complexity index is 1500. The van der Waals surface area contributed by atoms with Gasteiger partial charge in [-0.3, -0.25) is 15.0 Å². The van der Waals surface area contributed by atoms with Crippen molar-refractivity contribution in [2.75, 3.05) is 5.43 Å². The molecule has 0 radical (unpaired) electrons. The van der Waals surface area contributed by atoms with Crippen LogP contribution in [0.1, 0.15) is 11.1 Å². The molecule has 0 fully saturated rings. The minimum absolute atomic E-state index is 0.0657. The van der Waals surface area contributed by atoms with E-state index in [4.69, 9.17) is 23.2 Å². The van der Waals surface area contributed by atoms with Gasteiger partial charge in [0.2, 0.25) is 5.71 Å². The molecule has 37 heavy (non-hydrogen) atoms. The fraction of sp³-hybridized carbons (Fsp3) is 0.0870. The van der Waals surface area contributed by atoms with Gasteiger partial charge in [0, 0.05) is 5.02 Å². The molecule has 0 aliphatic rings. The van der Waals surface area contributed by atoms with Crippen molar-refractivity contribution >= 4 is 66.5 Å². The average Bonchev–Trinajstić information content (AvgIpc) is 2.80. The number of nitrogens with one attached hydrogen (secondary N) is 3. The topological polar surface area (TPSA) is 151 Å². The zero-order valence-electron chi connectivity index (χ0n) is 19.3. The van der Waals surface area contributed by atoms with E-state index in [9.17, 15) is 26.4 Å². The Hall–Kier alpha value is -3.45. The van der Waals surface area contributed by atoms with E-state index < -0.39 is 37.6 Å². The van der Waals surface area contributed by atoms with Gasteiger partial charge in [0.15, 0.2) is 0 Å². The van der Waals surface area contributed by atoms with E-state index in [0.717, 1.165) is 11.1 Å². The maximum absolute atomic E-state index is 12.9. The lowest BCUT2D eigenvalue weighted by Crippen LogP contribution is -2.46. The van der Waals surface area contributed by atoms with Gasteiger partial charge in [-0.25, -0.2) is 26.3 Å². The predicted molar refractivity (Wildman–Crippen MR) is 141 cm³/mol. The van der Waals surface area contributed by atoms with Crippen LogP contribution < -0.4 is 14.9 Å². The first-order chi connectivity index (χ1) is 17.3. The van der Waals surface area contributed by atoms with Gasteiger partial charge >= 0.3 is 0 Å². The highest BCUT2D eigenvalue weighted by Gasteiger charge is 2.30. The molecule has 0 saturated carbocycles. The Labute approximate surface area is 223 Å². The lowest BCUT2D eigenvalue weighted by atomic mass is 10.2. The minimum Gasteiger partial charge on any atom is -0.276 e. The number of carbonyl (C=O) groups is 2. The Morgan fingerprint density at radius 1 is 0.703 bits per heavy atom. The summed E-state index contributed by atoms with van der Waals surface area (Å²) in [6.07, 6.45) is 0. The van der Waals surface area contributed by atoms with Crippen LogP contribution in [0.2, 0.25) is 10.0 Å².